The first-order valence-corrected chi connectivity index (χ1v) is 8.86. The van der Waals surface area contributed by atoms with Crippen molar-refractivity contribution in [3.05, 3.63) is 62.9 Å². The lowest BCUT2D eigenvalue weighted by Gasteiger charge is -2.23. The molecule has 0 fully saturated rings. The number of carbonyl (C=O) groups is 2. The number of nitrogens with one attached hydrogen (secondary N) is 2. The number of anilines is 2. The van der Waals surface area contributed by atoms with E-state index >= 15 is 0 Å². The number of ether oxygens (including phenoxy) is 1. The van der Waals surface area contributed by atoms with E-state index in [2.05, 4.69) is 26.6 Å². The van der Waals surface area contributed by atoms with E-state index in [-0.39, 0.29) is 17.1 Å². The molecule has 3 aromatic rings. The summed E-state index contributed by atoms with van der Waals surface area (Å²) in [5, 5.41) is 5.75. The minimum Gasteiger partial charge on any atom is -0.479 e. The van der Waals surface area contributed by atoms with E-state index in [0.717, 1.165) is 10.5 Å². The molecule has 136 valence electrons. The van der Waals surface area contributed by atoms with Crippen molar-refractivity contribution in [1.29, 1.82) is 0 Å². The van der Waals surface area contributed by atoms with Gasteiger partial charge in [-0.15, -0.1) is 0 Å². The van der Waals surface area contributed by atoms with Crippen LogP contribution in [0.1, 0.15) is 17.5 Å². The van der Waals surface area contributed by atoms with Gasteiger partial charge in [-0.1, -0.05) is 15.9 Å². The highest BCUT2D eigenvalue weighted by atomic mass is 79.9. The van der Waals surface area contributed by atoms with E-state index in [9.17, 15) is 14.4 Å². The SMILES string of the molecule is C[C@@H]1Oc2ccc(NC(=O)c3cc(=O)c4ccc(Br)cc4o3)cc2NC1=O. The molecule has 1 atom stereocenters. The molecule has 7 nitrogen and oxygen atoms in total. The first kappa shape index (κ1) is 17.3. The van der Waals surface area contributed by atoms with Crippen molar-refractivity contribution in [1.82, 2.24) is 0 Å². The molecule has 0 radical (unpaired) electrons. The van der Waals surface area contributed by atoms with Crippen molar-refractivity contribution >= 4 is 50.1 Å². The van der Waals surface area contributed by atoms with E-state index in [1.54, 1.807) is 43.3 Å². The number of benzene rings is 2. The van der Waals surface area contributed by atoms with Gasteiger partial charge in [-0.25, -0.2) is 0 Å². The van der Waals surface area contributed by atoms with Gasteiger partial charge in [0, 0.05) is 16.2 Å². The summed E-state index contributed by atoms with van der Waals surface area (Å²) in [5.41, 5.74) is 0.880. The molecule has 27 heavy (non-hydrogen) atoms. The number of halogens is 1. The highest BCUT2D eigenvalue weighted by Gasteiger charge is 2.24. The summed E-state index contributed by atoms with van der Waals surface area (Å²) in [6.45, 7) is 1.65. The molecule has 0 spiro atoms. The average Bonchev–Trinajstić information content (AvgIpc) is 2.62. The monoisotopic (exact) mass is 428 g/mol. The Morgan fingerprint density at radius 1 is 1.15 bits per heavy atom. The first-order chi connectivity index (χ1) is 12.9. The summed E-state index contributed by atoms with van der Waals surface area (Å²) < 4.78 is 11.8. The second kappa shape index (κ2) is 6.55. The summed E-state index contributed by atoms with van der Waals surface area (Å²) >= 11 is 3.31. The average molecular weight is 429 g/mol. The Labute approximate surface area is 161 Å². The number of hydrogen-bond donors (Lipinski definition) is 2. The molecule has 1 aliphatic rings. The molecule has 2 N–H and O–H groups in total. The van der Waals surface area contributed by atoms with Gasteiger partial charge < -0.3 is 19.8 Å². The van der Waals surface area contributed by atoms with Crippen LogP contribution in [-0.4, -0.2) is 17.9 Å². The van der Waals surface area contributed by atoms with Gasteiger partial charge in [-0.3, -0.25) is 14.4 Å². The van der Waals surface area contributed by atoms with Crippen molar-refractivity contribution in [2.45, 2.75) is 13.0 Å². The molecule has 0 saturated heterocycles. The zero-order valence-corrected chi connectivity index (χ0v) is 15.6. The van der Waals surface area contributed by atoms with Gasteiger partial charge in [0.05, 0.1) is 11.1 Å². The van der Waals surface area contributed by atoms with Crippen molar-refractivity contribution < 1.29 is 18.7 Å². The standard InChI is InChI=1S/C19H13BrN2O5/c1-9-18(24)22-13-7-11(3-5-15(13)26-9)21-19(25)17-8-14(23)12-4-2-10(20)6-16(12)27-17/h2-9H,1H3,(H,21,25)(H,22,24)/t9-/m0/s1. The molecular weight excluding hydrogens is 416 g/mol. The van der Waals surface area contributed by atoms with Gasteiger partial charge in [-0.2, -0.15) is 0 Å². The molecule has 0 saturated carbocycles. The number of carbonyl (C=O) groups excluding carboxylic acids is 2. The number of rotatable bonds is 2. The summed E-state index contributed by atoms with van der Waals surface area (Å²) in [6, 6.07) is 11.0. The van der Waals surface area contributed by atoms with Gasteiger partial charge in [0.1, 0.15) is 11.3 Å². The van der Waals surface area contributed by atoms with Crippen LogP contribution in [0.15, 0.2) is 56.1 Å². The fraction of sp³-hybridized carbons (Fsp3) is 0.105. The minimum absolute atomic E-state index is 0.114. The van der Waals surface area contributed by atoms with Crippen LogP contribution in [0.5, 0.6) is 5.75 Å². The Bertz CT molecular complexity index is 1150. The third-order valence-corrected chi connectivity index (χ3v) is 4.58. The second-order valence-electron chi connectivity index (χ2n) is 6.03. The van der Waals surface area contributed by atoms with E-state index in [1.807, 2.05) is 0 Å². The number of fused-ring (bicyclic) bond motifs is 2. The van der Waals surface area contributed by atoms with Gasteiger partial charge in [0.2, 0.25) is 0 Å². The topological polar surface area (TPSA) is 97.6 Å². The molecule has 2 aromatic carbocycles. The van der Waals surface area contributed by atoms with E-state index in [0.29, 0.717) is 28.1 Å². The molecular formula is C19H13BrN2O5. The minimum atomic E-state index is -0.579. The van der Waals surface area contributed by atoms with Crippen molar-refractivity contribution in [2.24, 2.45) is 0 Å². The summed E-state index contributed by atoms with van der Waals surface area (Å²) in [7, 11) is 0. The van der Waals surface area contributed by atoms with Gasteiger partial charge in [0.25, 0.3) is 11.8 Å². The van der Waals surface area contributed by atoms with Crippen LogP contribution in [0, 0.1) is 0 Å². The van der Waals surface area contributed by atoms with Gasteiger partial charge in [0.15, 0.2) is 17.3 Å². The first-order valence-electron chi connectivity index (χ1n) is 8.07. The van der Waals surface area contributed by atoms with Crippen LogP contribution >= 0.6 is 15.9 Å². The lowest BCUT2D eigenvalue weighted by atomic mass is 10.2. The predicted molar refractivity (Wildman–Crippen MR) is 103 cm³/mol. The lowest BCUT2D eigenvalue weighted by molar-refractivity contribution is -0.122. The Kier molecular flexibility index (Phi) is 4.19. The maximum absolute atomic E-state index is 12.5. The highest BCUT2D eigenvalue weighted by molar-refractivity contribution is 9.10. The van der Waals surface area contributed by atoms with Crippen molar-refractivity contribution in [3.8, 4) is 5.75 Å². The Morgan fingerprint density at radius 2 is 1.96 bits per heavy atom. The molecule has 0 bridgehead atoms. The molecule has 2 amide bonds. The van der Waals surface area contributed by atoms with Crippen LogP contribution in [0.4, 0.5) is 11.4 Å². The number of hydrogen-bond acceptors (Lipinski definition) is 5. The van der Waals surface area contributed by atoms with Crippen LogP contribution < -0.4 is 20.8 Å². The van der Waals surface area contributed by atoms with Crippen LogP contribution in [-0.2, 0) is 4.79 Å². The molecule has 2 heterocycles. The highest BCUT2D eigenvalue weighted by Crippen LogP contribution is 2.32. The Balaban J connectivity index is 1.63. The Morgan fingerprint density at radius 3 is 2.78 bits per heavy atom. The predicted octanol–water partition coefficient (Wildman–Crippen LogP) is 3.53. The smallest absolute Gasteiger partial charge is 0.291 e. The third kappa shape index (κ3) is 3.31. The van der Waals surface area contributed by atoms with Crippen LogP contribution in [0.2, 0.25) is 0 Å². The molecule has 0 unspecified atom stereocenters. The lowest BCUT2D eigenvalue weighted by Crippen LogP contribution is -2.34. The van der Waals surface area contributed by atoms with Crippen LogP contribution in [0.3, 0.4) is 0 Å². The summed E-state index contributed by atoms with van der Waals surface area (Å²) in [5.74, 6) is -0.443. The van der Waals surface area contributed by atoms with Crippen molar-refractivity contribution in [2.75, 3.05) is 10.6 Å². The fourth-order valence-electron chi connectivity index (χ4n) is 2.72. The molecule has 8 heteroatoms. The molecule has 0 aliphatic carbocycles. The Hall–Kier alpha value is -3.13. The molecule has 1 aromatic heterocycles. The van der Waals surface area contributed by atoms with Crippen LogP contribution in [0.25, 0.3) is 11.0 Å². The summed E-state index contributed by atoms with van der Waals surface area (Å²) in [4.78, 5) is 36.4. The fourth-order valence-corrected chi connectivity index (χ4v) is 3.06. The zero-order chi connectivity index (χ0) is 19.1. The quantitative estimate of drug-likeness (QED) is 0.650. The van der Waals surface area contributed by atoms with E-state index in [1.165, 1.54) is 0 Å². The zero-order valence-electron chi connectivity index (χ0n) is 14.0. The normalized spacial score (nSPS) is 15.6. The van der Waals surface area contributed by atoms with Gasteiger partial charge >= 0.3 is 0 Å². The maximum atomic E-state index is 12.5. The third-order valence-electron chi connectivity index (χ3n) is 4.08. The largest absolute Gasteiger partial charge is 0.479 e. The van der Waals surface area contributed by atoms with Gasteiger partial charge in [-0.05, 0) is 43.3 Å². The van der Waals surface area contributed by atoms with E-state index < -0.39 is 12.0 Å². The van der Waals surface area contributed by atoms with Crippen molar-refractivity contribution in [3.63, 3.8) is 0 Å². The van der Waals surface area contributed by atoms with E-state index in [4.69, 9.17) is 9.15 Å². The molecule has 1 aliphatic heterocycles. The summed E-state index contributed by atoms with van der Waals surface area (Å²) in [6.07, 6.45) is -0.579. The number of amides is 2. The molecule has 4 rings (SSSR count). The maximum Gasteiger partial charge on any atom is 0.291 e. The second-order valence-corrected chi connectivity index (χ2v) is 6.95.